The Kier molecular flexibility index (Phi) is 5.73. The van der Waals surface area contributed by atoms with Gasteiger partial charge in [-0.15, -0.1) is 0 Å². The predicted molar refractivity (Wildman–Crippen MR) is 77.6 cm³/mol. The Balaban J connectivity index is 2.54. The zero-order valence-corrected chi connectivity index (χ0v) is 12.0. The van der Waals surface area contributed by atoms with Gasteiger partial charge in [0, 0.05) is 12.1 Å². The molecule has 2 nitrogen and oxygen atoms in total. The molecule has 0 radical (unpaired) electrons. The van der Waals surface area contributed by atoms with E-state index in [1.54, 1.807) is 0 Å². The molecule has 0 aromatic heterocycles. The number of nitrogen functional groups attached to an aromatic ring is 1. The summed E-state index contributed by atoms with van der Waals surface area (Å²) in [5, 5.41) is 3.29. The summed E-state index contributed by atoms with van der Waals surface area (Å²) in [4.78, 5) is 0. The summed E-state index contributed by atoms with van der Waals surface area (Å²) in [5.41, 5.74) is 6.90. The number of anilines is 2. The molecule has 0 aliphatic carbocycles. The van der Waals surface area contributed by atoms with E-state index < -0.39 is 5.82 Å². The second kappa shape index (κ2) is 6.83. The number of nitrogens with two attached hydrogens (primary N) is 1. The summed E-state index contributed by atoms with van der Waals surface area (Å²) in [6.45, 7) is 6.50. The number of benzene rings is 1. The Morgan fingerprint density at radius 3 is 2.56 bits per heavy atom. The summed E-state index contributed by atoms with van der Waals surface area (Å²) >= 11 is 5.66. The van der Waals surface area contributed by atoms with Gasteiger partial charge in [0.15, 0.2) is 0 Å². The van der Waals surface area contributed by atoms with E-state index in [1.807, 2.05) is 0 Å². The first-order valence-electron chi connectivity index (χ1n) is 6.41. The molecule has 0 amide bonds. The van der Waals surface area contributed by atoms with Crippen LogP contribution in [0.5, 0.6) is 0 Å². The van der Waals surface area contributed by atoms with E-state index in [1.165, 1.54) is 18.6 Å². The normalized spacial score (nSPS) is 12.8. The molecule has 1 unspecified atom stereocenters. The van der Waals surface area contributed by atoms with Crippen molar-refractivity contribution in [3.63, 3.8) is 0 Å². The van der Waals surface area contributed by atoms with Gasteiger partial charge in [-0.3, -0.25) is 0 Å². The number of hydrogen-bond acceptors (Lipinski definition) is 2. The fraction of sp³-hybridized carbons (Fsp3) is 0.571. The van der Waals surface area contributed by atoms with Crippen molar-refractivity contribution in [1.82, 2.24) is 0 Å². The van der Waals surface area contributed by atoms with Crippen molar-refractivity contribution in [2.24, 2.45) is 5.92 Å². The van der Waals surface area contributed by atoms with E-state index in [9.17, 15) is 4.39 Å². The van der Waals surface area contributed by atoms with Crippen molar-refractivity contribution < 1.29 is 4.39 Å². The van der Waals surface area contributed by atoms with Gasteiger partial charge in [0.05, 0.1) is 16.4 Å². The van der Waals surface area contributed by atoms with E-state index >= 15 is 0 Å². The highest BCUT2D eigenvalue weighted by atomic mass is 35.5. The van der Waals surface area contributed by atoms with Gasteiger partial charge in [-0.05, 0) is 25.3 Å². The van der Waals surface area contributed by atoms with E-state index in [4.69, 9.17) is 17.3 Å². The zero-order chi connectivity index (χ0) is 13.7. The van der Waals surface area contributed by atoms with Gasteiger partial charge in [0.1, 0.15) is 5.82 Å². The molecule has 0 bridgehead atoms. The predicted octanol–water partition coefficient (Wildman–Crippen LogP) is 4.69. The minimum Gasteiger partial charge on any atom is -0.397 e. The lowest BCUT2D eigenvalue weighted by Crippen LogP contribution is -2.16. The number of rotatable bonds is 6. The molecule has 1 aromatic carbocycles. The Bertz CT molecular complexity index is 394. The average molecular weight is 273 g/mol. The van der Waals surface area contributed by atoms with Crippen molar-refractivity contribution in [2.75, 3.05) is 11.1 Å². The molecule has 0 saturated heterocycles. The van der Waals surface area contributed by atoms with Crippen LogP contribution in [0.15, 0.2) is 12.1 Å². The molecular weight excluding hydrogens is 251 g/mol. The summed E-state index contributed by atoms with van der Waals surface area (Å²) in [6.07, 6.45) is 3.40. The molecule has 1 aromatic rings. The van der Waals surface area contributed by atoms with Crippen LogP contribution < -0.4 is 11.1 Å². The Labute approximate surface area is 114 Å². The number of nitrogens with one attached hydrogen (secondary N) is 1. The van der Waals surface area contributed by atoms with Crippen LogP contribution in [-0.4, -0.2) is 6.04 Å². The lowest BCUT2D eigenvalue weighted by Gasteiger charge is -2.17. The molecule has 0 aliphatic rings. The van der Waals surface area contributed by atoms with Gasteiger partial charge in [-0.1, -0.05) is 38.3 Å². The summed E-state index contributed by atoms with van der Waals surface area (Å²) in [7, 11) is 0. The molecule has 1 atom stereocenters. The van der Waals surface area contributed by atoms with E-state index in [2.05, 4.69) is 26.1 Å². The standard InChI is InChI=1S/C14H22ClFN2/c1-9(2)5-4-6-10(3)18-14-8-12(16)11(15)7-13(14)17/h7-10,18H,4-6,17H2,1-3H3. The van der Waals surface area contributed by atoms with Crippen LogP contribution in [0.3, 0.4) is 0 Å². The molecule has 0 saturated carbocycles. The fourth-order valence-corrected chi connectivity index (χ4v) is 2.03. The Morgan fingerprint density at radius 1 is 1.28 bits per heavy atom. The fourth-order valence-electron chi connectivity index (χ4n) is 1.86. The molecule has 0 aliphatic heterocycles. The van der Waals surface area contributed by atoms with E-state index in [-0.39, 0.29) is 11.1 Å². The molecular formula is C14H22ClFN2. The van der Waals surface area contributed by atoms with Crippen LogP contribution in [0.25, 0.3) is 0 Å². The maximum absolute atomic E-state index is 13.3. The van der Waals surface area contributed by atoms with Crippen molar-refractivity contribution in [2.45, 2.75) is 46.1 Å². The van der Waals surface area contributed by atoms with Crippen LogP contribution in [0.1, 0.15) is 40.0 Å². The van der Waals surface area contributed by atoms with Crippen LogP contribution in [0.4, 0.5) is 15.8 Å². The van der Waals surface area contributed by atoms with E-state index in [0.29, 0.717) is 11.4 Å². The molecule has 4 heteroatoms. The first kappa shape index (κ1) is 15.1. The van der Waals surface area contributed by atoms with Crippen molar-refractivity contribution in [3.05, 3.63) is 23.0 Å². The smallest absolute Gasteiger partial charge is 0.143 e. The van der Waals surface area contributed by atoms with Gasteiger partial charge >= 0.3 is 0 Å². The summed E-state index contributed by atoms with van der Waals surface area (Å²) in [6, 6.07) is 3.07. The largest absolute Gasteiger partial charge is 0.397 e. The quantitative estimate of drug-likeness (QED) is 0.738. The van der Waals surface area contributed by atoms with Crippen molar-refractivity contribution in [3.8, 4) is 0 Å². The number of hydrogen-bond donors (Lipinski definition) is 2. The second-order valence-corrected chi connectivity index (χ2v) is 5.63. The third-order valence-electron chi connectivity index (χ3n) is 2.91. The molecule has 1 rings (SSSR count). The third-order valence-corrected chi connectivity index (χ3v) is 3.20. The van der Waals surface area contributed by atoms with Crippen LogP contribution in [0, 0.1) is 11.7 Å². The van der Waals surface area contributed by atoms with Gasteiger partial charge in [-0.2, -0.15) is 0 Å². The molecule has 3 N–H and O–H groups in total. The molecule has 0 fully saturated rings. The highest BCUT2D eigenvalue weighted by molar-refractivity contribution is 6.31. The Morgan fingerprint density at radius 2 is 1.94 bits per heavy atom. The SMILES string of the molecule is CC(C)CCCC(C)Nc1cc(F)c(Cl)cc1N. The van der Waals surface area contributed by atoms with E-state index in [0.717, 1.165) is 18.8 Å². The first-order valence-corrected chi connectivity index (χ1v) is 6.79. The van der Waals surface area contributed by atoms with Crippen molar-refractivity contribution in [1.29, 1.82) is 0 Å². The van der Waals surface area contributed by atoms with Gasteiger partial charge in [-0.25, -0.2) is 4.39 Å². The van der Waals surface area contributed by atoms with Crippen LogP contribution in [-0.2, 0) is 0 Å². The monoisotopic (exact) mass is 272 g/mol. The van der Waals surface area contributed by atoms with Crippen LogP contribution in [0.2, 0.25) is 5.02 Å². The topological polar surface area (TPSA) is 38.0 Å². The Hall–Kier alpha value is -0.960. The number of halogens is 2. The van der Waals surface area contributed by atoms with Gasteiger partial charge in [0.2, 0.25) is 0 Å². The minimum atomic E-state index is -0.442. The third kappa shape index (κ3) is 4.73. The minimum absolute atomic E-state index is 0.0607. The highest BCUT2D eigenvalue weighted by Gasteiger charge is 2.09. The van der Waals surface area contributed by atoms with Crippen LogP contribution >= 0.6 is 11.6 Å². The maximum Gasteiger partial charge on any atom is 0.143 e. The lowest BCUT2D eigenvalue weighted by molar-refractivity contribution is 0.520. The van der Waals surface area contributed by atoms with Crippen molar-refractivity contribution >= 4 is 23.0 Å². The second-order valence-electron chi connectivity index (χ2n) is 5.22. The zero-order valence-electron chi connectivity index (χ0n) is 11.3. The first-order chi connectivity index (χ1) is 8.40. The van der Waals surface area contributed by atoms with Gasteiger partial charge in [0.25, 0.3) is 0 Å². The highest BCUT2D eigenvalue weighted by Crippen LogP contribution is 2.27. The lowest BCUT2D eigenvalue weighted by atomic mass is 10.0. The molecule has 18 heavy (non-hydrogen) atoms. The summed E-state index contributed by atoms with van der Waals surface area (Å²) < 4.78 is 13.3. The van der Waals surface area contributed by atoms with Gasteiger partial charge < -0.3 is 11.1 Å². The molecule has 102 valence electrons. The molecule has 0 spiro atoms. The summed E-state index contributed by atoms with van der Waals surface area (Å²) in [5.74, 6) is 0.276. The maximum atomic E-state index is 13.3. The average Bonchev–Trinajstić information content (AvgIpc) is 2.25. The molecule has 0 heterocycles.